The Morgan fingerprint density at radius 2 is 1.88 bits per heavy atom. The third kappa shape index (κ3) is 3.42. The van der Waals surface area contributed by atoms with Crippen molar-refractivity contribution in [1.82, 2.24) is 14.7 Å². The van der Waals surface area contributed by atoms with E-state index in [1.165, 1.54) is 0 Å². The highest BCUT2D eigenvalue weighted by Gasteiger charge is 2.16. The summed E-state index contributed by atoms with van der Waals surface area (Å²) in [5.74, 6) is 1.06. The third-order valence-electron chi connectivity index (χ3n) is 4.09. The van der Waals surface area contributed by atoms with Gasteiger partial charge in [0.05, 0.1) is 20.3 Å². The molecule has 1 unspecified atom stereocenters. The first kappa shape index (κ1) is 16.8. The number of hydrogen-bond acceptors (Lipinski definition) is 4. The van der Waals surface area contributed by atoms with Crippen LogP contribution in [-0.4, -0.2) is 29.5 Å². The zero-order chi connectivity index (χ0) is 18.0. The molecule has 0 aliphatic rings. The molecule has 0 bridgehead atoms. The maximum absolute atomic E-state index is 12.5. The highest BCUT2D eigenvalue weighted by molar-refractivity contribution is 5.93. The van der Waals surface area contributed by atoms with E-state index in [1.807, 2.05) is 54.8 Å². The quantitative estimate of drug-likeness (QED) is 0.775. The maximum Gasteiger partial charge on any atom is 0.271 e. The van der Waals surface area contributed by atoms with Gasteiger partial charge in [0.2, 0.25) is 0 Å². The Labute approximate surface area is 146 Å². The van der Waals surface area contributed by atoms with Gasteiger partial charge >= 0.3 is 0 Å². The van der Waals surface area contributed by atoms with E-state index in [-0.39, 0.29) is 11.9 Å². The number of imidazole rings is 1. The number of carbonyl (C=O) groups excluding carboxylic acids is 1. The summed E-state index contributed by atoms with van der Waals surface area (Å²) in [5, 5.41) is 2.97. The average molecular weight is 339 g/mol. The fourth-order valence-corrected chi connectivity index (χ4v) is 2.69. The Bertz CT molecular complexity index is 917. The predicted molar refractivity (Wildman–Crippen MR) is 95.4 cm³/mol. The Balaban J connectivity index is 1.79. The van der Waals surface area contributed by atoms with Crippen molar-refractivity contribution in [1.29, 1.82) is 0 Å². The summed E-state index contributed by atoms with van der Waals surface area (Å²) in [6.07, 6.45) is 3.68. The van der Waals surface area contributed by atoms with Crippen molar-refractivity contribution in [2.24, 2.45) is 0 Å². The van der Waals surface area contributed by atoms with E-state index >= 15 is 0 Å². The molecule has 6 heteroatoms. The van der Waals surface area contributed by atoms with E-state index in [1.54, 1.807) is 20.4 Å². The first-order chi connectivity index (χ1) is 12.0. The van der Waals surface area contributed by atoms with E-state index in [0.717, 1.165) is 16.8 Å². The monoisotopic (exact) mass is 339 g/mol. The first-order valence-corrected chi connectivity index (χ1v) is 8.00. The highest BCUT2D eigenvalue weighted by atomic mass is 16.5. The molecular weight excluding hydrogens is 318 g/mol. The summed E-state index contributed by atoms with van der Waals surface area (Å²) in [4.78, 5) is 16.9. The summed E-state index contributed by atoms with van der Waals surface area (Å²) in [6, 6.07) is 9.25. The molecule has 2 aromatic heterocycles. The number of ether oxygens (including phenoxy) is 2. The van der Waals surface area contributed by atoms with Gasteiger partial charge in [0.15, 0.2) is 11.5 Å². The van der Waals surface area contributed by atoms with Crippen LogP contribution in [0.4, 0.5) is 0 Å². The Kier molecular flexibility index (Phi) is 4.61. The van der Waals surface area contributed by atoms with E-state index < -0.39 is 0 Å². The molecule has 6 nitrogen and oxygen atoms in total. The van der Waals surface area contributed by atoms with E-state index in [4.69, 9.17) is 9.47 Å². The Hall–Kier alpha value is -3.02. The molecule has 130 valence electrons. The van der Waals surface area contributed by atoms with Crippen LogP contribution in [0.15, 0.2) is 42.7 Å². The van der Waals surface area contributed by atoms with Crippen molar-refractivity contribution in [2.45, 2.75) is 19.9 Å². The lowest BCUT2D eigenvalue weighted by atomic mass is 10.1. The number of aromatic nitrogens is 2. The molecule has 0 saturated heterocycles. The first-order valence-electron chi connectivity index (χ1n) is 8.00. The molecule has 1 amide bonds. The third-order valence-corrected chi connectivity index (χ3v) is 4.09. The van der Waals surface area contributed by atoms with Crippen LogP contribution in [0.2, 0.25) is 0 Å². The zero-order valence-electron chi connectivity index (χ0n) is 14.7. The van der Waals surface area contributed by atoms with Gasteiger partial charge < -0.3 is 19.2 Å². The number of benzene rings is 1. The number of hydrogen-bond donors (Lipinski definition) is 1. The molecule has 2 heterocycles. The maximum atomic E-state index is 12.5. The lowest BCUT2D eigenvalue weighted by molar-refractivity contribution is 0.0935. The van der Waals surface area contributed by atoms with Crippen molar-refractivity contribution in [2.75, 3.05) is 14.2 Å². The van der Waals surface area contributed by atoms with Crippen LogP contribution >= 0.6 is 0 Å². The topological polar surface area (TPSA) is 64.9 Å². The number of carbonyl (C=O) groups is 1. The number of fused-ring (bicyclic) bond motifs is 1. The molecular formula is C19H21N3O3. The standard InChI is InChI=1S/C19H21N3O3/c1-12-5-8-18-21-15(11-22(18)10-12)19(23)20-13(2)14-6-7-16(24-3)17(9-14)25-4/h5-11,13H,1-4H3,(H,20,23). The van der Waals surface area contributed by atoms with E-state index in [2.05, 4.69) is 10.3 Å². The number of rotatable bonds is 5. The molecule has 0 saturated carbocycles. The van der Waals surface area contributed by atoms with Crippen molar-refractivity contribution >= 4 is 11.6 Å². The molecule has 0 fully saturated rings. The van der Waals surface area contributed by atoms with Crippen molar-refractivity contribution in [3.8, 4) is 11.5 Å². The largest absolute Gasteiger partial charge is 0.493 e. The van der Waals surface area contributed by atoms with Crippen LogP contribution in [0.5, 0.6) is 11.5 Å². The summed E-state index contributed by atoms with van der Waals surface area (Å²) in [6.45, 7) is 3.91. The number of methoxy groups -OCH3 is 2. The Morgan fingerprint density at radius 3 is 2.60 bits per heavy atom. The highest BCUT2D eigenvalue weighted by Crippen LogP contribution is 2.29. The fraction of sp³-hybridized carbons (Fsp3) is 0.263. The van der Waals surface area contributed by atoms with Crippen LogP contribution in [0.3, 0.4) is 0 Å². The SMILES string of the molecule is COc1ccc(C(C)NC(=O)c2cn3cc(C)ccc3n2)cc1OC. The van der Waals surface area contributed by atoms with Crippen LogP contribution in [-0.2, 0) is 0 Å². The number of nitrogens with one attached hydrogen (secondary N) is 1. The predicted octanol–water partition coefficient (Wildman–Crippen LogP) is 3.15. The molecule has 0 aliphatic carbocycles. The van der Waals surface area contributed by atoms with Crippen molar-refractivity contribution < 1.29 is 14.3 Å². The second-order valence-corrected chi connectivity index (χ2v) is 5.91. The number of aryl methyl sites for hydroxylation is 1. The van der Waals surface area contributed by atoms with Crippen molar-refractivity contribution in [3.05, 3.63) is 59.5 Å². The van der Waals surface area contributed by atoms with Gasteiger partial charge in [-0.2, -0.15) is 0 Å². The number of amides is 1. The zero-order valence-corrected chi connectivity index (χ0v) is 14.7. The molecule has 3 rings (SSSR count). The lowest BCUT2D eigenvalue weighted by Gasteiger charge is -2.16. The van der Waals surface area contributed by atoms with Gasteiger partial charge in [-0.3, -0.25) is 4.79 Å². The van der Waals surface area contributed by atoms with Crippen LogP contribution < -0.4 is 14.8 Å². The van der Waals surface area contributed by atoms with Gasteiger partial charge in [0, 0.05) is 12.4 Å². The minimum atomic E-state index is -0.219. The van der Waals surface area contributed by atoms with Gasteiger partial charge in [-0.25, -0.2) is 4.98 Å². The van der Waals surface area contributed by atoms with Crippen LogP contribution in [0.1, 0.15) is 34.6 Å². The number of nitrogens with zero attached hydrogens (tertiary/aromatic N) is 2. The van der Waals surface area contributed by atoms with Gasteiger partial charge in [-0.15, -0.1) is 0 Å². The summed E-state index contributed by atoms with van der Waals surface area (Å²) < 4.78 is 12.4. The van der Waals surface area contributed by atoms with Gasteiger partial charge in [0.25, 0.3) is 5.91 Å². The summed E-state index contributed by atoms with van der Waals surface area (Å²) in [5.41, 5.74) is 3.16. The second-order valence-electron chi connectivity index (χ2n) is 5.91. The minimum absolute atomic E-state index is 0.196. The minimum Gasteiger partial charge on any atom is -0.493 e. The number of pyridine rings is 1. The van der Waals surface area contributed by atoms with Gasteiger partial charge in [0.1, 0.15) is 11.3 Å². The van der Waals surface area contributed by atoms with E-state index in [0.29, 0.717) is 17.2 Å². The van der Waals surface area contributed by atoms with Crippen LogP contribution in [0.25, 0.3) is 5.65 Å². The average Bonchev–Trinajstić information content (AvgIpc) is 3.04. The molecule has 1 aromatic carbocycles. The molecule has 0 radical (unpaired) electrons. The molecule has 1 N–H and O–H groups in total. The molecule has 0 spiro atoms. The normalized spacial score (nSPS) is 12.0. The Morgan fingerprint density at radius 1 is 1.12 bits per heavy atom. The molecule has 0 aliphatic heterocycles. The van der Waals surface area contributed by atoms with E-state index in [9.17, 15) is 4.79 Å². The molecule has 3 aromatic rings. The fourth-order valence-electron chi connectivity index (χ4n) is 2.69. The lowest BCUT2D eigenvalue weighted by Crippen LogP contribution is -2.26. The summed E-state index contributed by atoms with van der Waals surface area (Å²) >= 11 is 0. The van der Waals surface area contributed by atoms with Crippen LogP contribution in [0, 0.1) is 6.92 Å². The molecule has 25 heavy (non-hydrogen) atoms. The van der Waals surface area contributed by atoms with Crippen molar-refractivity contribution in [3.63, 3.8) is 0 Å². The van der Waals surface area contributed by atoms with Gasteiger partial charge in [-0.1, -0.05) is 12.1 Å². The molecule has 1 atom stereocenters. The second kappa shape index (κ2) is 6.84. The van der Waals surface area contributed by atoms with Gasteiger partial charge in [-0.05, 0) is 43.2 Å². The summed E-state index contributed by atoms with van der Waals surface area (Å²) in [7, 11) is 3.18. The smallest absolute Gasteiger partial charge is 0.271 e.